The highest BCUT2D eigenvalue weighted by molar-refractivity contribution is 6.34. The maximum atomic E-state index is 13.8. The third-order valence-electron chi connectivity index (χ3n) is 4.40. The Morgan fingerprint density at radius 3 is 2.65 bits per heavy atom. The number of nitrogens with zero attached hydrogens (tertiary/aromatic N) is 2. The molecule has 26 heavy (non-hydrogen) atoms. The number of carbonyl (C=O) groups is 2. The third-order valence-corrected chi connectivity index (χ3v) is 4.91. The molecule has 0 unspecified atom stereocenters. The summed E-state index contributed by atoms with van der Waals surface area (Å²) in [5, 5.41) is 0.376. The van der Waals surface area contributed by atoms with Crippen molar-refractivity contribution in [1.82, 2.24) is 9.80 Å². The van der Waals surface area contributed by atoms with Crippen LogP contribution < -0.4 is 0 Å². The largest absolute Gasteiger partial charge is 0.335 e. The first-order chi connectivity index (χ1) is 12.4. The van der Waals surface area contributed by atoms with Crippen LogP contribution in [-0.4, -0.2) is 41.2 Å². The topological polar surface area (TPSA) is 40.6 Å². The summed E-state index contributed by atoms with van der Waals surface area (Å²) in [6, 6.07) is 8.44. The Labute approximate surface area is 155 Å². The smallest absolute Gasteiger partial charge is 0.255 e. The first-order valence-electron chi connectivity index (χ1n) is 8.13. The van der Waals surface area contributed by atoms with Crippen molar-refractivity contribution in [2.45, 2.75) is 13.5 Å². The average Bonchev–Trinajstić information content (AvgIpc) is 2.60. The molecule has 2 aromatic rings. The van der Waals surface area contributed by atoms with Gasteiger partial charge in [0.05, 0.1) is 10.6 Å². The van der Waals surface area contributed by atoms with Crippen molar-refractivity contribution in [3.8, 4) is 0 Å². The van der Waals surface area contributed by atoms with Crippen LogP contribution in [0.25, 0.3) is 0 Å². The zero-order chi connectivity index (χ0) is 18.8. The number of halogens is 3. The van der Waals surface area contributed by atoms with Crippen molar-refractivity contribution < 1.29 is 18.4 Å². The van der Waals surface area contributed by atoms with E-state index in [0.717, 1.165) is 17.7 Å². The Hall–Kier alpha value is -2.47. The maximum absolute atomic E-state index is 13.8. The molecule has 0 aliphatic carbocycles. The van der Waals surface area contributed by atoms with Crippen LogP contribution >= 0.6 is 11.6 Å². The van der Waals surface area contributed by atoms with Crippen molar-refractivity contribution in [3.05, 3.63) is 69.7 Å². The molecule has 1 fully saturated rings. The molecule has 2 aromatic carbocycles. The highest BCUT2D eigenvalue weighted by Gasteiger charge is 2.29. The van der Waals surface area contributed by atoms with Gasteiger partial charge in [0.15, 0.2) is 0 Å². The molecule has 0 spiro atoms. The van der Waals surface area contributed by atoms with Crippen LogP contribution in [0.5, 0.6) is 0 Å². The van der Waals surface area contributed by atoms with E-state index in [1.54, 1.807) is 25.1 Å². The van der Waals surface area contributed by atoms with E-state index >= 15 is 0 Å². The first-order valence-corrected chi connectivity index (χ1v) is 8.50. The molecule has 0 saturated carbocycles. The van der Waals surface area contributed by atoms with Crippen molar-refractivity contribution in [2.75, 3.05) is 19.6 Å². The Morgan fingerprint density at radius 1 is 1.19 bits per heavy atom. The fraction of sp³-hybridized carbons (Fsp3) is 0.263. The summed E-state index contributed by atoms with van der Waals surface area (Å²) in [5.74, 6) is -1.96. The lowest BCUT2D eigenvalue weighted by Gasteiger charge is -2.34. The van der Waals surface area contributed by atoms with Crippen molar-refractivity contribution in [3.63, 3.8) is 0 Å². The highest BCUT2D eigenvalue weighted by Crippen LogP contribution is 2.23. The minimum absolute atomic E-state index is 0.0399. The van der Waals surface area contributed by atoms with Gasteiger partial charge in [-0.15, -0.1) is 0 Å². The second-order valence-corrected chi connectivity index (χ2v) is 6.59. The molecule has 0 aromatic heterocycles. The molecule has 0 radical (unpaired) electrons. The fourth-order valence-electron chi connectivity index (χ4n) is 2.89. The van der Waals surface area contributed by atoms with E-state index in [1.165, 1.54) is 15.9 Å². The molecule has 4 nitrogen and oxygen atoms in total. The monoisotopic (exact) mass is 378 g/mol. The summed E-state index contributed by atoms with van der Waals surface area (Å²) in [7, 11) is 0. The van der Waals surface area contributed by atoms with Gasteiger partial charge in [-0.2, -0.15) is 0 Å². The van der Waals surface area contributed by atoms with E-state index in [4.69, 9.17) is 11.6 Å². The first kappa shape index (κ1) is 18.3. The Bertz CT molecular complexity index is 873. The lowest BCUT2D eigenvalue weighted by molar-refractivity contribution is -0.135. The van der Waals surface area contributed by atoms with E-state index in [2.05, 4.69) is 0 Å². The molecule has 1 aliphatic heterocycles. The van der Waals surface area contributed by atoms with Crippen LogP contribution in [0.2, 0.25) is 5.02 Å². The second kappa shape index (κ2) is 7.41. The van der Waals surface area contributed by atoms with Crippen LogP contribution in [0.3, 0.4) is 0 Å². The Morgan fingerprint density at radius 2 is 1.96 bits per heavy atom. The second-order valence-electron chi connectivity index (χ2n) is 6.21. The molecule has 1 saturated heterocycles. The molecule has 136 valence electrons. The normalized spacial score (nSPS) is 14.7. The number of rotatable bonds is 3. The summed E-state index contributed by atoms with van der Waals surface area (Å²) in [4.78, 5) is 27.9. The number of aryl methyl sites for hydroxylation is 1. The van der Waals surface area contributed by atoms with Gasteiger partial charge in [0.1, 0.15) is 18.2 Å². The van der Waals surface area contributed by atoms with Gasteiger partial charge in [-0.05, 0) is 24.6 Å². The molecule has 0 N–H and O–H groups in total. The maximum Gasteiger partial charge on any atom is 0.255 e. The summed E-state index contributed by atoms with van der Waals surface area (Å²) in [5.41, 5.74) is 1.38. The van der Waals surface area contributed by atoms with E-state index in [0.29, 0.717) is 17.1 Å². The van der Waals surface area contributed by atoms with Crippen molar-refractivity contribution >= 4 is 23.4 Å². The summed E-state index contributed by atoms with van der Waals surface area (Å²) in [6.07, 6.45) is 0. The third kappa shape index (κ3) is 3.70. The number of amides is 2. The number of benzene rings is 2. The predicted octanol–water partition coefficient (Wildman–Crippen LogP) is 3.41. The molecule has 1 aliphatic rings. The highest BCUT2D eigenvalue weighted by atomic mass is 35.5. The fourth-order valence-corrected chi connectivity index (χ4v) is 3.09. The van der Waals surface area contributed by atoms with Crippen LogP contribution in [0, 0.1) is 18.6 Å². The molecule has 2 amide bonds. The predicted molar refractivity (Wildman–Crippen MR) is 93.9 cm³/mol. The SMILES string of the molecule is Cc1cccc(C(=O)N2CCN(Cc3ccc(F)cc3F)C(=O)C2)c1Cl. The zero-order valence-electron chi connectivity index (χ0n) is 14.1. The van der Waals surface area contributed by atoms with E-state index in [9.17, 15) is 18.4 Å². The zero-order valence-corrected chi connectivity index (χ0v) is 14.9. The van der Waals surface area contributed by atoms with Gasteiger partial charge in [0.25, 0.3) is 5.91 Å². The van der Waals surface area contributed by atoms with Gasteiger partial charge < -0.3 is 9.80 Å². The molecule has 7 heteroatoms. The molecule has 0 bridgehead atoms. The average molecular weight is 379 g/mol. The molecular weight excluding hydrogens is 362 g/mol. The standard InChI is InChI=1S/C19H17ClF2N2O2/c1-12-3-2-4-15(18(12)20)19(26)24-8-7-23(17(25)11-24)10-13-5-6-14(21)9-16(13)22/h2-6,9H,7-8,10-11H2,1H3. The lowest BCUT2D eigenvalue weighted by atomic mass is 10.1. The van der Waals surface area contributed by atoms with Crippen LogP contribution in [0.1, 0.15) is 21.5 Å². The summed E-state index contributed by atoms with van der Waals surface area (Å²) >= 11 is 6.19. The molecular formula is C19H17ClF2N2O2. The number of carbonyl (C=O) groups excluding carboxylic acids is 2. The molecule has 0 atom stereocenters. The minimum Gasteiger partial charge on any atom is -0.335 e. The van der Waals surface area contributed by atoms with Crippen LogP contribution in [0.15, 0.2) is 36.4 Å². The molecule has 1 heterocycles. The summed E-state index contributed by atoms with van der Waals surface area (Å²) < 4.78 is 26.8. The molecule has 3 rings (SSSR count). The minimum atomic E-state index is -0.692. The van der Waals surface area contributed by atoms with Crippen LogP contribution in [0.4, 0.5) is 8.78 Å². The van der Waals surface area contributed by atoms with Crippen molar-refractivity contribution in [1.29, 1.82) is 0 Å². The lowest BCUT2D eigenvalue weighted by Crippen LogP contribution is -2.51. The quantitative estimate of drug-likeness (QED) is 0.821. The van der Waals surface area contributed by atoms with E-state index < -0.39 is 11.6 Å². The number of hydrogen-bond acceptors (Lipinski definition) is 2. The van der Waals surface area contributed by atoms with Gasteiger partial charge in [-0.3, -0.25) is 9.59 Å². The van der Waals surface area contributed by atoms with Gasteiger partial charge in [0, 0.05) is 31.3 Å². The van der Waals surface area contributed by atoms with Crippen LogP contribution in [-0.2, 0) is 11.3 Å². The van der Waals surface area contributed by atoms with Gasteiger partial charge in [-0.1, -0.05) is 29.8 Å². The Balaban J connectivity index is 1.69. The van der Waals surface area contributed by atoms with Gasteiger partial charge in [0.2, 0.25) is 5.91 Å². The van der Waals surface area contributed by atoms with Gasteiger partial charge >= 0.3 is 0 Å². The summed E-state index contributed by atoms with van der Waals surface area (Å²) in [6.45, 7) is 2.33. The number of piperazine rings is 1. The van der Waals surface area contributed by atoms with Gasteiger partial charge in [-0.25, -0.2) is 8.78 Å². The van der Waals surface area contributed by atoms with E-state index in [1.807, 2.05) is 0 Å². The number of hydrogen-bond donors (Lipinski definition) is 0. The Kier molecular flexibility index (Phi) is 5.23. The van der Waals surface area contributed by atoms with E-state index in [-0.39, 0.29) is 37.0 Å². The van der Waals surface area contributed by atoms with Crippen molar-refractivity contribution in [2.24, 2.45) is 0 Å².